The fraction of sp³-hybridized carbons (Fsp3) is 0.222. The Balaban J connectivity index is 2.60. The van der Waals surface area contributed by atoms with E-state index in [2.05, 4.69) is 10.3 Å². The topological polar surface area (TPSA) is 97.1 Å². The summed E-state index contributed by atoms with van der Waals surface area (Å²) < 4.78 is 0. The van der Waals surface area contributed by atoms with E-state index in [9.17, 15) is 9.59 Å². The van der Waals surface area contributed by atoms with Crippen molar-refractivity contribution in [2.75, 3.05) is 0 Å². The van der Waals surface area contributed by atoms with Crippen LogP contribution in [0.2, 0.25) is 0 Å². The number of carbonyl (C=O) groups is 2. The molecular formula is C9H12N4O2. The van der Waals surface area contributed by atoms with Crippen LogP contribution in [-0.2, 0) is 9.59 Å². The van der Waals surface area contributed by atoms with Crippen molar-refractivity contribution in [3.8, 4) is 0 Å². The molecule has 0 saturated heterocycles. The summed E-state index contributed by atoms with van der Waals surface area (Å²) in [4.78, 5) is 25.8. The summed E-state index contributed by atoms with van der Waals surface area (Å²) in [6, 6.07) is 3.24. The lowest BCUT2D eigenvalue weighted by Crippen LogP contribution is -2.43. The van der Waals surface area contributed by atoms with Crippen LogP contribution in [0.5, 0.6) is 0 Å². The molecule has 6 heteroatoms. The van der Waals surface area contributed by atoms with Crippen molar-refractivity contribution in [1.82, 2.24) is 15.7 Å². The number of hydrogen-bond acceptors (Lipinski definition) is 4. The van der Waals surface area contributed by atoms with Crippen molar-refractivity contribution in [3.63, 3.8) is 0 Å². The number of hydrogen-bond donors (Lipinski definition) is 3. The Morgan fingerprint density at radius 1 is 1.33 bits per heavy atom. The van der Waals surface area contributed by atoms with E-state index < -0.39 is 11.8 Å². The summed E-state index contributed by atoms with van der Waals surface area (Å²) in [5.41, 5.74) is 2.62. The number of rotatable bonds is 2. The van der Waals surface area contributed by atoms with Crippen molar-refractivity contribution in [3.05, 3.63) is 30.1 Å². The van der Waals surface area contributed by atoms with Gasteiger partial charge in [-0.1, -0.05) is 0 Å². The Kier molecular flexibility index (Phi) is 3.75. The number of carbonyl (C=O) groups excluding carboxylic acids is 2. The van der Waals surface area contributed by atoms with Crippen LogP contribution in [0.4, 0.5) is 0 Å². The third-order valence-corrected chi connectivity index (χ3v) is 1.89. The molecule has 0 fully saturated rings. The predicted molar refractivity (Wildman–Crippen MR) is 53.1 cm³/mol. The molecule has 6 nitrogen and oxygen atoms in total. The van der Waals surface area contributed by atoms with Gasteiger partial charge in [-0.25, -0.2) is 5.84 Å². The van der Waals surface area contributed by atoms with Crippen molar-refractivity contribution in [2.24, 2.45) is 5.84 Å². The Morgan fingerprint density at radius 2 is 1.93 bits per heavy atom. The maximum atomic E-state index is 11.1. The highest BCUT2D eigenvalue weighted by Crippen LogP contribution is 2.09. The third kappa shape index (κ3) is 3.03. The average Bonchev–Trinajstić information content (AvgIpc) is 2.29. The molecule has 0 aliphatic carbocycles. The molecule has 15 heavy (non-hydrogen) atoms. The first-order chi connectivity index (χ1) is 7.15. The summed E-state index contributed by atoms with van der Waals surface area (Å²) in [7, 11) is 0. The van der Waals surface area contributed by atoms with Crippen LogP contribution in [0.15, 0.2) is 24.5 Å². The second kappa shape index (κ2) is 5.06. The number of pyridine rings is 1. The van der Waals surface area contributed by atoms with Crippen molar-refractivity contribution >= 4 is 11.8 Å². The quantitative estimate of drug-likeness (QED) is 0.258. The number of amides is 2. The van der Waals surface area contributed by atoms with E-state index >= 15 is 0 Å². The number of hydrazine groups is 1. The summed E-state index contributed by atoms with van der Waals surface area (Å²) in [5, 5.41) is 2.49. The first-order valence-corrected chi connectivity index (χ1v) is 4.36. The van der Waals surface area contributed by atoms with Gasteiger partial charge in [0.05, 0.1) is 6.04 Å². The lowest BCUT2D eigenvalue weighted by molar-refractivity contribution is -0.139. The van der Waals surface area contributed by atoms with Crippen LogP contribution < -0.4 is 16.6 Å². The van der Waals surface area contributed by atoms with Gasteiger partial charge < -0.3 is 5.32 Å². The number of aromatic nitrogens is 1. The molecule has 4 N–H and O–H groups in total. The van der Waals surface area contributed by atoms with Crippen molar-refractivity contribution in [1.29, 1.82) is 0 Å². The fourth-order valence-electron chi connectivity index (χ4n) is 1.06. The monoisotopic (exact) mass is 208 g/mol. The minimum Gasteiger partial charge on any atom is -0.341 e. The Labute approximate surface area is 86.8 Å². The second-order valence-electron chi connectivity index (χ2n) is 2.95. The average molecular weight is 208 g/mol. The van der Waals surface area contributed by atoms with E-state index in [0.717, 1.165) is 5.56 Å². The van der Waals surface area contributed by atoms with E-state index in [4.69, 9.17) is 5.84 Å². The van der Waals surface area contributed by atoms with Gasteiger partial charge >= 0.3 is 11.8 Å². The van der Waals surface area contributed by atoms with E-state index in [-0.39, 0.29) is 6.04 Å². The highest BCUT2D eigenvalue weighted by molar-refractivity contribution is 6.34. The summed E-state index contributed by atoms with van der Waals surface area (Å²) >= 11 is 0. The molecule has 0 spiro atoms. The van der Waals surface area contributed by atoms with Gasteiger partial charge in [-0.2, -0.15) is 0 Å². The zero-order valence-corrected chi connectivity index (χ0v) is 8.23. The molecule has 1 unspecified atom stereocenters. The first-order valence-electron chi connectivity index (χ1n) is 4.36. The molecule has 0 aromatic carbocycles. The van der Waals surface area contributed by atoms with Gasteiger partial charge in [-0.05, 0) is 24.6 Å². The van der Waals surface area contributed by atoms with Gasteiger partial charge in [0, 0.05) is 12.4 Å². The van der Waals surface area contributed by atoms with Crippen LogP contribution in [-0.4, -0.2) is 16.8 Å². The second-order valence-corrected chi connectivity index (χ2v) is 2.95. The van der Waals surface area contributed by atoms with Crippen LogP contribution in [0.3, 0.4) is 0 Å². The number of nitrogens with two attached hydrogens (primary N) is 1. The predicted octanol–water partition coefficient (Wildman–Crippen LogP) is -0.751. The SMILES string of the molecule is CC(NC(=O)C(=O)NN)c1ccncc1. The van der Waals surface area contributed by atoms with Gasteiger partial charge in [-0.15, -0.1) is 0 Å². The molecule has 1 atom stereocenters. The molecule has 1 aromatic heterocycles. The lowest BCUT2D eigenvalue weighted by atomic mass is 10.1. The van der Waals surface area contributed by atoms with E-state index in [0.29, 0.717) is 0 Å². The van der Waals surface area contributed by atoms with Gasteiger partial charge in [0.25, 0.3) is 0 Å². The minimum absolute atomic E-state index is 0.266. The Hall–Kier alpha value is -1.95. The molecular weight excluding hydrogens is 196 g/mol. The number of nitrogens with zero attached hydrogens (tertiary/aromatic N) is 1. The third-order valence-electron chi connectivity index (χ3n) is 1.89. The van der Waals surface area contributed by atoms with Crippen LogP contribution >= 0.6 is 0 Å². The van der Waals surface area contributed by atoms with Crippen LogP contribution in [0, 0.1) is 0 Å². The maximum Gasteiger partial charge on any atom is 0.323 e. The Morgan fingerprint density at radius 3 is 2.47 bits per heavy atom. The largest absolute Gasteiger partial charge is 0.341 e. The van der Waals surface area contributed by atoms with Gasteiger partial charge in [0.1, 0.15) is 0 Å². The molecule has 0 bridgehead atoms. The van der Waals surface area contributed by atoms with Crippen molar-refractivity contribution in [2.45, 2.75) is 13.0 Å². The highest BCUT2D eigenvalue weighted by atomic mass is 16.2. The number of nitrogens with one attached hydrogen (secondary N) is 2. The highest BCUT2D eigenvalue weighted by Gasteiger charge is 2.15. The summed E-state index contributed by atoms with van der Waals surface area (Å²) in [5.74, 6) is 3.19. The van der Waals surface area contributed by atoms with E-state index in [1.807, 2.05) is 0 Å². The fourth-order valence-corrected chi connectivity index (χ4v) is 1.06. The van der Waals surface area contributed by atoms with Crippen molar-refractivity contribution < 1.29 is 9.59 Å². The van der Waals surface area contributed by atoms with Crippen LogP contribution in [0.25, 0.3) is 0 Å². The first kappa shape index (κ1) is 11.1. The van der Waals surface area contributed by atoms with Gasteiger partial charge in [-0.3, -0.25) is 20.0 Å². The molecule has 0 radical (unpaired) electrons. The van der Waals surface area contributed by atoms with Gasteiger partial charge in [0.15, 0.2) is 0 Å². The smallest absolute Gasteiger partial charge is 0.323 e. The molecule has 0 saturated carbocycles. The normalized spacial score (nSPS) is 11.6. The summed E-state index contributed by atoms with van der Waals surface area (Å²) in [6.07, 6.45) is 3.22. The molecule has 0 aliphatic heterocycles. The van der Waals surface area contributed by atoms with E-state index in [1.165, 1.54) is 0 Å². The molecule has 80 valence electrons. The summed E-state index contributed by atoms with van der Waals surface area (Å²) in [6.45, 7) is 1.76. The molecule has 2 amide bonds. The standard InChI is InChI=1S/C9H12N4O2/c1-6(7-2-4-11-5-3-7)12-8(14)9(15)13-10/h2-6H,10H2,1H3,(H,12,14)(H,13,15). The molecule has 1 aromatic rings. The van der Waals surface area contributed by atoms with Crippen LogP contribution in [0.1, 0.15) is 18.5 Å². The Bertz CT molecular complexity index is 352. The zero-order valence-electron chi connectivity index (χ0n) is 8.23. The minimum atomic E-state index is -0.865. The molecule has 1 heterocycles. The van der Waals surface area contributed by atoms with Gasteiger partial charge in [0.2, 0.25) is 0 Å². The molecule has 0 aliphatic rings. The maximum absolute atomic E-state index is 11.1. The van der Waals surface area contributed by atoms with E-state index in [1.54, 1.807) is 36.9 Å². The zero-order chi connectivity index (χ0) is 11.3. The molecule has 1 rings (SSSR count). The lowest BCUT2D eigenvalue weighted by Gasteiger charge is -2.12.